The smallest absolute Gasteiger partial charge is 0.303 e. The van der Waals surface area contributed by atoms with E-state index in [1.807, 2.05) is 0 Å². The molecule has 0 spiro atoms. The van der Waals surface area contributed by atoms with Crippen LogP contribution >= 0.6 is 0 Å². The van der Waals surface area contributed by atoms with Gasteiger partial charge in [-0.05, 0) is 12.8 Å². The van der Waals surface area contributed by atoms with Gasteiger partial charge >= 0.3 is 5.97 Å². The summed E-state index contributed by atoms with van der Waals surface area (Å²) in [5.41, 5.74) is 0. The normalized spacial score (nSPS) is 10.3. The minimum absolute atomic E-state index is 0.302. The number of unbranched alkanes of at least 4 members (excludes halogenated alkanes) is 8. The molecular formula is C14H26O4. The van der Waals surface area contributed by atoms with Gasteiger partial charge in [-0.25, -0.2) is 5.26 Å². The van der Waals surface area contributed by atoms with E-state index < -0.39 is 5.97 Å². The highest BCUT2D eigenvalue weighted by molar-refractivity contribution is 5.66. The van der Waals surface area contributed by atoms with E-state index in [2.05, 4.69) is 11.5 Å². The van der Waals surface area contributed by atoms with Crippen molar-refractivity contribution in [1.29, 1.82) is 0 Å². The minimum Gasteiger partial charge on any atom is -0.481 e. The molecule has 0 radical (unpaired) electrons. The number of allylic oxidation sites excluding steroid dienone is 1. The number of carbonyl (C=O) groups is 1. The van der Waals surface area contributed by atoms with Crippen LogP contribution in [-0.4, -0.2) is 16.3 Å². The molecule has 0 unspecified atom stereocenters. The maximum absolute atomic E-state index is 10.3. The van der Waals surface area contributed by atoms with E-state index in [4.69, 9.17) is 10.4 Å². The molecule has 18 heavy (non-hydrogen) atoms. The molecule has 0 aliphatic rings. The quantitative estimate of drug-likeness (QED) is 0.223. The van der Waals surface area contributed by atoms with E-state index >= 15 is 0 Å². The molecule has 0 aromatic heterocycles. The van der Waals surface area contributed by atoms with Gasteiger partial charge in [0, 0.05) is 12.8 Å². The monoisotopic (exact) mass is 258 g/mol. The average Bonchev–Trinajstić information content (AvgIpc) is 2.35. The molecule has 0 aromatic rings. The highest BCUT2D eigenvalue weighted by Crippen LogP contribution is 2.13. The van der Waals surface area contributed by atoms with Crippen LogP contribution in [0.2, 0.25) is 0 Å². The van der Waals surface area contributed by atoms with E-state index in [1.165, 1.54) is 25.7 Å². The Balaban J connectivity index is 3.03. The first kappa shape index (κ1) is 17.0. The van der Waals surface area contributed by atoms with Crippen molar-refractivity contribution in [2.75, 3.05) is 0 Å². The molecule has 4 nitrogen and oxygen atoms in total. The van der Waals surface area contributed by atoms with E-state index in [9.17, 15) is 4.79 Å². The molecule has 0 aliphatic carbocycles. The Labute approximate surface area is 110 Å². The molecule has 0 heterocycles. The zero-order chi connectivity index (χ0) is 13.6. The summed E-state index contributed by atoms with van der Waals surface area (Å²) in [5, 5.41) is 16.7. The molecule has 4 heteroatoms. The first-order valence-corrected chi connectivity index (χ1v) is 6.88. The Kier molecular flexibility index (Phi) is 11.7. The van der Waals surface area contributed by atoms with Crippen LogP contribution in [0.5, 0.6) is 0 Å². The van der Waals surface area contributed by atoms with Gasteiger partial charge in [0.1, 0.15) is 5.76 Å². The molecule has 0 saturated carbocycles. The third kappa shape index (κ3) is 13.0. The van der Waals surface area contributed by atoms with Crippen molar-refractivity contribution in [3.05, 3.63) is 12.3 Å². The molecule has 0 aliphatic heterocycles. The lowest BCUT2D eigenvalue weighted by Crippen LogP contribution is -1.93. The van der Waals surface area contributed by atoms with E-state index in [0.29, 0.717) is 12.2 Å². The summed E-state index contributed by atoms with van der Waals surface area (Å²) in [6.07, 6.45) is 11.0. The Hall–Kier alpha value is -1.03. The number of hydrogen-bond donors (Lipinski definition) is 2. The second-order valence-electron chi connectivity index (χ2n) is 4.71. The van der Waals surface area contributed by atoms with Gasteiger partial charge in [-0.15, -0.1) is 0 Å². The predicted molar refractivity (Wildman–Crippen MR) is 71.3 cm³/mol. The Morgan fingerprint density at radius 1 is 0.833 bits per heavy atom. The maximum Gasteiger partial charge on any atom is 0.303 e. The zero-order valence-corrected chi connectivity index (χ0v) is 11.2. The number of carboxylic acid groups (broad SMARTS) is 1. The Morgan fingerprint density at radius 2 is 1.22 bits per heavy atom. The second kappa shape index (κ2) is 12.4. The van der Waals surface area contributed by atoms with Crippen molar-refractivity contribution in [1.82, 2.24) is 0 Å². The summed E-state index contributed by atoms with van der Waals surface area (Å²) in [6.45, 7) is 3.55. The fourth-order valence-electron chi connectivity index (χ4n) is 1.88. The van der Waals surface area contributed by atoms with Crippen molar-refractivity contribution < 1.29 is 20.0 Å². The first-order valence-electron chi connectivity index (χ1n) is 6.88. The predicted octanol–water partition coefficient (Wildman–Crippen LogP) is 4.37. The fraction of sp³-hybridized carbons (Fsp3) is 0.786. The summed E-state index contributed by atoms with van der Waals surface area (Å²) in [6, 6.07) is 0. The maximum atomic E-state index is 10.3. The highest BCUT2D eigenvalue weighted by Gasteiger charge is 1.97. The molecule has 0 aromatic carbocycles. The van der Waals surface area contributed by atoms with Crippen LogP contribution in [-0.2, 0) is 9.68 Å². The molecule has 0 saturated heterocycles. The standard InChI is InChI=1S/C14H26O4/c1-13(18-17)11-9-7-5-3-2-4-6-8-10-12-14(15)16/h17H,1-12H2,(H,15,16). The summed E-state index contributed by atoms with van der Waals surface area (Å²) in [4.78, 5) is 14.3. The van der Waals surface area contributed by atoms with Crippen LogP contribution in [0, 0.1) is 0 Å². The largest absolute Gasteiger partial charge is 0.481 e. The molecule has 0 atom stereocenters. The van der Waals surface area contributed by atoms with Crippen molar-refractivity contribution in [2.24, 2.45) is 0 Å². The molecule has 0 rings (SSSR count). The summed E-state index contributed by atoms with van der Waals surface area (Å²) >= 11 is 0. The Morgan fingerprint density at radius 3 is 1.61 bits per heavy atom. The van der Waals surface area contributed by atoms with Gasteiger partial charge in [-0.2, -0.15) is 0 Å². The van der Waals surface area contributed by atoms with Gasteiger partial charge in [-0.3, -0.25) is 4.79 Å². The highest BCUT2D eigenvalue weighted by atomic mass is 17.1. The third-order valence-corrected chi connectivity index (χ3v) is 2.98. The minimum atomic E-state index is -0.691. The van der Waals surface area contributed by atoms with Crippen LogP contribution in [0.1, 0.15) is 70.6 Å². The fourth-order valence-corrected chi connectivity index (χ4v) is 1.88. The summed E-state index contributed by atoms with van der Waals surface area (Å²) in [7, 11) is 0. The van der Waals surface area contributed by atoms with Crippen LogP contribution in [0.4, 0.5) is 0 Å². The lowest BCUT2D eigenvalue weighted by Gasteiger charge is -2.03. The number of carboxylic acids is 1. The van der Waals surface area contributed by atoms with E-state index in [1.54, 1.807) is 0 Å². The van der Waals surface area contributed by atoms with Crippen molar-refractivity contribution in [3.63, 3.8) is 0 Å². The topological polar surface area (TPSA) is 66.8 Å². The van der Waals surface area contributed by atoms with E-state index in [-0.39, 0.29) is 0 Å². The molecule has 0 fully saturated rings. The molecule has 106 valence electrons. The first-order chi connectivity index (χ1) is 8.66. The van der Waals surface area contributed by atoms with Crippen molar-refractivity contribution in [2.45, 2.75) is 70.6 Å². The zero-order valence-electron chi connectivity index (χ0n) is 11.2. The van der Waals surface area contributed by atoms with Gasteiger partial charge in [0.05, 0.1) is 0 Å². The van der Waals surface area contributed by atoms with Crippen LogP contribution in [0.15, 0.2) is 12.3 Å². The van der Waals surface area contributed by atoms with Crippen LogP contribution < -0.4 is 0 Å². The number of rotatable bonds is 13. The lowest BCUT2D eigenvalue weighted by molar-refractivity contribution is -0.205. The lowest BCUT2D eigenvalue weighted by atomic mass is 10.1. The van der Waals surface area contributed by atoms with Crippen molar-refractivity contribution >= 4 is 5.97 Å². The van der Waals surface area contributed by atoms with Crippen molar-refractivity contribution in [3.8, 4) is 0 Å². The van der Waals surface area contributed by atoms with Gasteiger partial charge in [-0.1, -0.05) is 51.5 Å². The SMILES string of the molecule is C=C(CCCCCCCCCCCC(=O)O)OO. The van der Waals surface area contributed by atoms with Gasteiger partial charge in [0.2, 0.25) is 0 Å². The number of hydrogen-bond acceptors (Lipinski definition) is 3. The molecule has 0 amide bonds. The second-order valence-corrected chi connectivity index (χ2v) is 4.71. The van der Waals surface area contributed by atoms with Gasteiger partial charge in [0.25, 0.3) is 0 Å². The molecule has 2 N–H and O–H groups in total. The van der Waals surface area contributed by atoms with Gasteiger partial charge < -0.3 is 9.99 Å². The average molecular weight is 258 g/mol. The molecule has 0 bridgehead atoms. The number of aliphatic carboxylic acids is 1. The van der Waals surface area contributed by atoms with E-state index in [0.717, 1.165) is 38.5 Å². The van der Waals surface area contributed by atoms with Crippen LogP contribution in [0.25, 0.3) is 0 Å². The van der Waals surface area contributed by atoms with Crippen LogP contribution in [0.3, 0.4) is 0 Å². The third-order valence-electron chi connectivity index (χ3n) is 2.98. The molecular weight excluding hydrogens is 232 g/mol. The van der Waals surface area contributed by atoms with Gasteiger partial charge in [0.15, 0.2) is 0 Å². The summed E-state index contributed by atoms with van der Waals surface area (Å²) in [5.74, 6) is -0.253. The summed E-state index contributed by atoms with van der Waals surface area (Å²) < 4.78 is 0. The Bertz CT molecular complexity index is 226.